The Morgan fingerprint density at radius 3 is 2.45 bits per heavy atom. The van der Waals surface area contributed by atoms with Crippen LogP contribution in [0.2, 0.25) is 0 Å². The SMILES string of the molecule is Cc1ccc(-n2c(CCl)nc3ccc(F)c(F)c32)cc1. The third kappa shape index (κ3) is 1.96. The van der Waals surface area contributed by atoms with Crippen LogP contribution in [0.15, 0.2) is 36.4 Å². The molecule has 3 rings (SSSR count). The summed E-state index contributed by atoms with van der Waals surface area (Å²) in [5.41, 5.74) is 2.29. The van der Waals surface area contributed by atoms with E-state index in [0.717, 1.165) is 11.6 Å². The van der Waals surface area contributed by atoms with Crippen LogP contribution in [0.4, 0.5) is 8.78 Å². The second-order valence-electron chi connectivity index (χ2n) is 4.56. The molecule has 0 amide bonds. The smallest absolute Gasteiger partial charge is 0.185 e. The maximum Gasteiger partial charge on any atom is 0.185 e. The second-order valence-corrected chi connectivity index (χ2v) is 4.83. The average Bonchev–Trinajstić information content (AvgIpc) is 2.83. The molecule has 1 heterocycles. The molecule has 0 bridgehead atoms. The fraction of sp³-hybridized carbons (Fsp3) is 0.133. The van der Waals surface area contributed by atoms with Crippen LogP contribution in [0.25, 0.3) is 16.7 Å². The van der Waals surface area contributed by atoms with Crippen LogP contribution in [-0.2, 0) is 5.88 Å². The molecule has 0 radical (unpaired) electrons. The third-order valence-electron chi connectivity index (χ3n) is 3.19. The topological polar surface area (TPSA) is 17.8 Å². The summed E-state index contributed by atoms with van der Waals surface area (Å²) in [6.07, 6.45) is 0. The highest BCUT2D eigenvalue weighted by Crippen LogP contribution is 2.26. The van der Waals surface area contributed by atoms with Gasteiger partial charge in [-0.05, 0) is 31.2 Å². The van der Waals surface area contributed by atoms with Gasteiger partial charge >= 0.3 is 0 Å². The Labute approximate surface area is 119 Å². The minimum Gasteiger partial charge on any atom is -0.293 e. The largest absolute Gasteiger partial charge is 0.293 e. The molecule has 102 valence electrons. The predicted molar refractivity (Wildman–Crippen MR) is 75.3 cm³/mol. The highest BCUT2D eigenvalue weighted by molar-refractivity contribution is 6.17. The molecule has 0 atom stereocenters. The molecule has 0 unspecified atom stereocenters. The fourth-order valence-corrected chi connectivity index (χ4v) is 2.39. The number of halogens is 3. The number of imidazole rings is 1. The summed E-state index contributed by atoms with van der Waals surface area (Å²) < 4.78 is 29.1. The van der Waals surface area contributed by atoms with Crippen molar-refractivity contribution in [2.75, 3.05) is 0 Å². The maximum atomic E-state index is 14.1. The number of hydrogen-bond donors (Lipinski definition) is 0. The van der Waals surface area contributed by atoms with E-state index in [-0.39, 0.29) is 11.4 Å². The Morgan fingerprint density at radius 2 is 1.80 bits per heavy atom. The number of aryl methyl sites for hydroxylation is 1. The molecule has 2 aromatic carbocycles. The lowest BCUT2D eigenvalue weighted by Crippen LogP contribution is -2.01. The van der Waals surface area contributed by atoms with E-state index in [1.807, 2.05) is 31.2 Å². The van der Waals surface area contributed by atoms with E-state index in [1.165, 1.54) is 6.07 Å². The van der Waals surface area contributed by atoms with Gasteiger partial charge in [-0.3, -0.25) is 4.57 Å². The average molecular weight is 293 g/mol. The van der Waals surface area contributed by atoms with Crippen LogP contribution >= 0.6 is 11.6 Å². The van der Waals surface area contributed by atoms with Gasteiger partial charge in [0.2, 0.25) is 0 Å². The molecular weight excluding hydrogens is 282 g/mol. The zero-order chi connectivity index (χ0) is 14.3. The molecule has 5 heteroatoms. The van der Waals surface area contributed by atoms with Crippen molar-refractivity contribution in [3.05, 3.63) is 59.4 Å². The number of nitrogens with zero attached hydrogens (tertiary/aromatic N) is 2. The molecule has 3 aromatic rings. The van der Waals surface area contributed by atoms with Gasteiger partial charge in [-0.1, -0.05) is 17.7 Å². The number of rotatable bonds is 2. The van der Waals surface area contributed by atoms with Gasteiger partial charge in [0.05, 0.1) is 11.4 Å². The van der Waals surface area contributed by atoms with Crippen molar-refractivity contribution < 1.29 is 8.78 Å². The van der Waals surface area contributed by atoms with Crippen molar-refractivity contribution >= 4 is 22.6 Å². The summed E-state index contributed by atoms with van der Waals surface area (Å²) >= 11 is 5.88. The molecule has 0 aliphatic rings. The Morgan fingerprint density at radius 1 is 1.10 bits per heavy atom. The summed E-state index contributed by atoms with van der Waals surface area (Å²) in [6, 6.07) is 9.98. The number of alkyl halides is 1. The molecule has 20 heavy (non-hydrogen) atoms. The molecule has 0 aliphatic carbocycles. The van der Waals surface area contributed by atoms with Crippen molar-refractivity contribution in [2.24, 2.45) is 0 Å². The Kier molecular flexibility index (Phi) is 3.18. The summed E-state index contributed by atoms with van der Waals surface area (Å²) in [5.74, 6) is -1.21. The lowest BCUT2D eigenvalue weighted by atomic mass is 10.2. The molecule has 2 nitrogen and oxygen atoms in total. The van der Waals surface area contributed by atoms with Crippen molar-refractivity contribution in [1.29, 1.82) is 0 Å². The van der Waals surface area contributed by atoms with Crippen molar-refractivity contribution in [2.45, 2.75) is 12.8 Å². The number of fused-ring (bicyclic) bond motifs is 1. The molecule has 0 saturated carbocycles. The van der Waals surface area contributed by atoms with Crippen LogP contribution in [0.5, 0.6) is 0 Å². The minimum absolute atomic E-state index is 0.115. The lowest BCUT2D eigenvalue weighted by Gasteiger charge is -2.08. The van der Waals surface area contributed by atoms with Crippen LogP contribution in [0.1, 0.15) is 11.4 Å². The highest BCUT2D eigenvalue weighted by atomic mass is 35.5. The maximum absolute atomic E-state index is 14.1. The van der Waals surface area contributed by atoms with Crippen LogP contribution in [0.3, 0.4) is 0 Å². The number of benzene rings is 2. The van der Waals surface area contributed by atoms with E-state index in [1.54, 1.807) is 4.57 Å². The van der Waals surface area contributed by atoms with E-state index >= 15 is 0 Å². The molecule has 0 N–H and O–H groups in total. The van der Waals surface area contributed by atoms with Gasteiger partial charge in [0.15, 0.2) is 11.6 Å². The quantitative estimate of drug-likeness (QED) is 0.642. The Hall–Kier alpha value is -1.94. The van der Waals surface area contributed by atoms with Gasteiger partial charge < -0.3 is 0 Å². The first-order valence-corrected chi connectivity index (χ1v) is 6.63. The highest BCUT2D eigenvalue weighted by Gasteiger charge is 2.18. The number of hydrogen-bond acceptors (Lipinski definition) is 1. The van der Waals surface area contributed by atoms with Crippen molar-refractivity contribution in [3.63, 3.8) is 0 Å². The van der Waals surface area contributed by atoms with Crippen LogP contribution in [0, 0.1) is 18.6 Å². The normalized spacial score (nSPS) is 11.2. The first-order valence-electron chi connectivity index (χ1n) is 6.10. The van der Waals surface area contributed by atoms with Gasteiger partial charge in [0.1, 0.15) is 11.3 Å². The van der Waals surface area contributed by atoms with Crippen molar-refractivity contribution in [1.82, 2.24) is 9.55 Å². The van der Waals surface area contributed by atoms with Gasteiger partial charge in [-0.2, -0.15) is 0 Å². The van der Waals surface area contributed by atoms with Gasteiger partial charge in [-0.15, -0.1) is 11.6 Å². The zero-order valence-electron chi connectivity index (χ0n) is 10.7. The summed E-state index contributed by atoms with van der Waals surface area (Å²) in [7, 11) is 0. The number of aromatic nitrogens is 2. The standard InChI is InChI=1S/C15H11ClF2N2/c1-9-2-4-10(5-3-9)20-13(8-16)19-12-7-6-11(17)14(18)15(12)20/h2-7H,8H2,1H3. The van der Waals surface area contributed by atoms with E-state index in [2.05, 4.69) is 4.98 Å². The van der Waals surface area contributed by atoms with E-state index in [9.17, 15) is 8.78 Å². The summed E-state index contributed by atoms with van der Waals surface area (Å²) in [4.78, 5) is 4.26. The van der Waals surface area contributed by atoms with Crippen LogP contribution < -0.4 is 0 Å². The van der Waals surface area contributed by atoms with E-state index in [4.69, 9.17) is 11.6 Å². The first kappa shape index (κ1) is 13.1. The lowest BCUT2D eigenvalue weighted by molar-refractivity contribution is 0.514. The molecule has 0 fully saturated rings. The summed E-state index contributed by atoms with van der Waals surface area (Å²) in [6.45, 7) is 1.96. The Balaban J connectivity index is 2.37. The second kappa shape index (κ2) is 4.87. The fourth-order valence-electron chi connectivity index (χ4n) is 2.21. The molecule has 0 saturated heterocycles. The van der Waals surface area contributed by atoms with Crippen molar-refractivity contribution in [3.8, 4) is 5.69 Å². The molecular formula is C15H11ClF2N2. The molecule has 1 aromatic heterocycles. The predicted octanol–water partition coefficient (Wildman–Crippen LogP) is 4.35. The molecule has 0 spiro atoms. The van der Waals surface area contributed by atoms with Gasteiger partial charge in [-0.25, -0.2) is 13.8 Å². The van der Waals surface area contributed by atoms with E-state index in [0.29, 0.717) is 17.0 Å². The minimum atomic E-state index is -0.910. The first-order chi connectivity index (χ1) is 9.61. The summed E-state index contributed by atoms with van der Waals surface area (Å²) in [5, 5.41) is 0. The molecule has 0 aliphatic heterocycles. The Bertz CT molecular complexity index is 779. The van der Waals surface area contributed by atoms with Crippen LogP contribution in [-0.4, -0.2) is 9.55 Å². The zero-order valence-corrected chi connectivity index (χ0v) is 11.5. The monoisotopic (exact) mass is 292 g/mol. The van der Waals surface area contributed by atoms with Gasteiger partial charge in [0, 0.05) is 5.69 Å². The van der Waals surface area contributed by atoms with Gasteiger partial charge in [0.25, 0.3) is 0 Å². The van der Waals surface area contributed by atoms with E-state index < -0.39 is 11.6 Å². The third-order valence-corrected chi connectivity index (χ3v) is 3.43.